The Hall–Kier alpha value is -1.66. The van der Waals surface area contributed by atoms with Crippen molar-refractivity contribution in [2.24, 2.45) is 0 Å². The van der Waals surface area contributed by atoms with E-state index in [-0.39, 0.29) is 36.8 Å². The van der Waals surface area contributed by atoms with Crippen LogP contribution in [0.15, 0.2) is 30.3 Å². The first-order chi connectivity index (χ1) is 15.4. The summed E-state index contributed by atoms with van der Waals surface area (Å²) < 4.78 is 11.5. The highest BCUT2D eigenvalue weighted by Gasteiger charge is 2.41. The van der Waals surface area contributed by atoms with Gasteiger partial charge in [-0.1, -0.05) is 29.3 Å². The lowest BCUT2D eigenvalue weighted by atomic mass is 9.81. The van der Waals surface area contributed by atoms with Crippen LogP contribution in [0.3, 0.4) is 0 Å². The standard InChI is InChI=1S/C25H30Cl2N2O3.ClH/c1-28(23(30)15-16-6-8-18(26)19(27)14-16)25-20(29-12-4-5-13-29)9-7-17-21(31-2)10-11-22(32-3)24(17)25;/h6,8,10-11,14,20,25H,4-5,7,9,12-13,15H2,1-3H3;1H/t20-,25+;/m0./s1. The fourth-order valence-corrected chi connectivity index (χ4v) is 5.55. The molecule has 2 aliphatic rings. The molecule has 2 aromatic rings. The summed E-state index contributed by atoms with van der Waals surface area (Å²) in [5.74, 6) is 1.70. The van der Waals surface area contributed by atoms with Crippen LogP contribution in [0.4, 0.5) is 0 Å². The summed E-state index contributed by atoms with van der Waals surface area (Å²) in [6.07, 6.45) is 4.55. The molecule has 180 valence electrons. The Balaban J connectivity index is 0.00000306. The summed E-state index contributed by atoms with van der Waals surface area (Å²) in [5, 5.41) is 0.951. The Labute approximate surface area is 212 Å². The fourth-order valence-electron chi connectivity index (χ4n) is 5.23. The quantitative estimate of drug-likeness (QED) is 0.505. The summed E-state index contributed by atoms with van der Waals surface area (Å²) >= 11 is 12.2. The molecule has 0 unspecified atom stereocenters. The summed E-state index contributed by atoms with van der Waals surface area (Å²) in [6.45, 7) is 2.13. The van der Waals surface area contributed by atoms with Gasteiger partial charge in [-0.25, -0.2) is 0 Å². The minimum atomic E-state index is -0.114. The number of ether oxygens (including phenoxy) is 2. The molecule has 0 bridgehead atoms. The number of amides is 1. The number of halogens is 3. The van der Waals surface area contributed by atoms with Crippen molar-refractivity contribution in [1.82, 2.24) is 9.80 Å². The Bertz CT molecular complexity index is 995. The minimum Gasteiger partial charge on any atom is -0.496 e. The van der Waals surface area contributed by atoms with Gasteiger partial charge in [0, 0.05) is 24.2 Å². The highest BCUT2D eigenvalue weighted by atomic mass is 35.5. The van der Waals surface area contributed by atoms with E-state index in [1.54, 1.807) is 26.4 Å². The Morgan fingerprint density at radius 3 is 2.36 bits per heavy atom. The second kappa shape index (κ2) is 11.2. The lowest BCUT2D eigenvalue weighted by Gasteiger charge is -2.44. The second-order valence-corrected chi connectivity index (χ2v) is 9.40. The third-order valence-electron chi connectivity index (χ3n) is 6.82. The minimum absolute atomic E-state index is 0. The third kappa shape index (κ3) is 5.22. The molecular formula is C25H31Cl3N2O3. The van der Waals surface area contributed by atoms with E-state index in [0.717, 1.165) is 54.1 Å². The molecule has 0 spiro atoms. The zero-order valence-electron chi connectivity index (χ0n) is 19.3. The van der Waals surface area contributed by atoms with Crippen molar-refractivity contribution in [3.8, 4) is 11.5 Å². The number of fused-ring (bicyclic) bond motifs is 1. The van der Waals surface area contributed by atoms with Gasteiger partial charge in [0.1, 0.15) is 11.5 Å². The number of hydrogen-bond acceptors (Lipinski definition) is 4. The van der Waals surface area contributed by atoms with Gasteiger partial charge < -0.3 is 14.4 Å². The maximum atomic E-state index is 13.5. The predicted molar refractivity (Wildman–Crippen MR) is 135 cm³/mol. The van der Waals surface area contributed by atoms with Crippen molar-refractivity contribution < 1.29 is 14.3 Å². The van der Waals surface area contributed by atoms with Crippen LogP contribution in [-0.4, -0.2) is 56.1 Å². The molecule has 1 aliphatic carbocycles. The molecule has 1 fully saturated rings. The molecule has 4 rings (SSSR count). The largest absolute Gasteiger partial charge is 0.496 e. The number of likely N-dealkylation sites (N-methyl/N-ethyl adjacent to an activating group) is 1. The van der Waals surface area contributed by atoms with Crippen molar-refractivity contribution in [2.45, 2.75) is 44.2 Å². The van der Waals surface area contributed by atoms with E-state index >= 15 is 0 Å². The number of methoxy groups -OCH3 is 2. The SMILES string of the molecule is COc1ccc(OC)c2c1CC[C@H](N1CCCC1)[C@H]2N(C)C(=O)Cc1ccc(Cl)c(Cl)c1.Cl. The molecule has 1 amide bonds. The summed E-state index contributed by atoms with van der Waals surface area (Å²) in [6, 6.07) is 9.41. The molecule has 0 N–H and O–H groups in total. The number of rotatable bonds is 6. The second-order valence-electron chi connectivity index (χ2n) is 8.59. The predicted octanol–water partition coefficient (Wildman–Crippen LogP) is 5.59. The first-order valence-corrected chi connectivity index (χ1v) is 11.9. The number of nitrogens with zero attached hydrogens (tertiary/aromatic N) is 2. The van der Waals surface area contributed by atoms with E-state index in [1.807, 2.05) is 30.1 Å². The van der Waals surface area contributed by atoms with Crippen molar-refractivity contribution in [3.05, 3.63) is 57.1 Å². The van der Waals surface area contributed by atoms with Gasteiger partial charge in [-0.3, -0.25) is 9.69 Å². The van der Waals surface area contributed by atoms with E-state index in [2.05, 4.69) is 4.90 Å². The first-order valence-electron chi connectivity index (χ1n) is 11.1. The van der Waals surface area contributed by atoms with Gasteiger partial charge in [-0.15, -0.1) is 12.4 Å². The van der Waals surface area contributed by atoms with E-state index in [9.17, 15) is 4.79 Å². The Kier molecular flexibility index (Phi) is 8.79. The van der Waals surface area contributed by atoms with Crippen molar-refractivity contribution >= 4 is 41.5 Å². The van der Waals surface area contributed by atoms with Crippen LogP contribution in [0.25, 0.3) is 0 Å². The summed E-state index contributed by atoms with van der Waals surface area (Å²) in [7, 11) is 5.29. The molecule has 2 aromatic carbocycles. The van der Waals surface area contributed by atoms with E-state index in [4.69, 9.17) is 32.7 Å². The van der Waals surface area contributed by atoms with E-state index < -0.39 is 0 Å². The van der Waals surface area contributed by atoms with Crippen LogP contribution in [0.1, 0.15) is 42.0 Å². The van der Waals surface area contributed by atoms with Gasteiger partial charge in [0.2, 0.25) is 5.91 Å². The Morgan fingerprint density at radius 2 is 1.73 bits per heavy atom. The summed E-state index contributed by atoms with van der Waals surface area (Å²) in [5.41, 5.74) is 3.06. The van der Waals surface area contributed by atoms with Crippen LogP contribution < -0.4 is 9.47 Å². The van der Waals surface area contributed by atoms with Crippen LogP contribution in [0.5, 0.6) is 11.5 Å². The van der Waals surface area contributed by atoms with E-state index in [1.165, 1.54) is 12.8 Å². The molecule has 5 nitrogen and oxygen atoms in total. The van der Waals surface area contributed by atoms with Crippen LogP contribution in [0, 0.1) is 0 Å². The zero-order chi connectivity index (χ0) is 22.8. The van der Waals surface area contributed by atoms with Gasteiger partial charge in [0.15, 0.2) is 0 Å². The lowest BCUT2D eigenvalue weighted by molar-refractivity contribution is -0.133. The van der Waals surface area contributed by atoms with Crippen molar-refractivity contribution in [1.29, 1.82) is 0 Å². The van der Waals surface area contributed by atoms with Gasteiger partial charge in [0.05, 0.1) is 36.7 Å². The monoisotopic (exact) mass is 512 g/mol. The van der Waals surface area contributed by atoms with Crippen LogP contribution in [-0.2, 0) is 17.6 Å². The zero-order valence-corrected chi connectivity index (χ0v) is 21.6. The van der Waals surface area contributed by atoms with Crippen LogP contribution >= 0.6 is 35.6 Å². The molecule has 2 atom stereocenters. The number of carbonyl (C=O) groups is 1. The summed E-state index contributed by atoms with van der Waals surface area (Å²) in [4.78, 5) is 17.9. The molecular weight excluding hydrogens is 483 g/mol. The molecule has 33 heavy (non-hydrogen) atoms. The maximum Gasteiger partial charge on any atom is 0.227 e. The highest BCUT2D eigenvalue weighted by molar-refractivity contribution is 6.42. The maximum absolute atomic E-state index is 13.5. The third-order valence-corrected chi connectivity index (χ3v) is 7.56. The highest BCUT2D eigenvalue weighted by Crippen LogP contribution is 2.46. The van der Waals surface area contributed by atoms with Gasteiger partial charge in [-0.05, 0) is 68.6 Å². The molecule has 0 radical (unpaired) electrons. The first kappa shape index (κ1) is 26.0. The number of carbonyl (C=O) groups excluding carboxylic acids is 1. The molecule has 0 aromatic heterocycles. The number of benzene rings is 2. The number of likely N-dealkylation sites (tertiary alicyclic amines) is 1. The van der Waals surface area contributed by atoms with Gasteiger partial charge in [-0.2, -0.15) is 0 Å². The normalized spacial score (nSPS) is 20.0. The molecule has 0 saturated carbocycles. The average Bonchev–Trinajstić information content (AvgIpc) is 3.34. The van der Waals surface area contributed by atoms with Crippen LogP contribution in [0.2, 0.25) is 10.0 Å². The van der Waals surface area contributed by atoms with E-state index in [0.29, 0.717) is 10.0 Å². The molecule has 1 saturated heterocycles. The number of hydrogen-bond donors (Lipinski definition) is 0. The molecule has 1 heterocycles. The van der Waals surface area contributed by atoms with Crippen molar-refractivity contribution in [2.75, 3.05) is 34.4 Å². The van der Waals surface area contributed by atoms with Gasteiger partial charge in [0.25, 0.3) is 0 Å². The smallest absolute Gasteiger partial charge is 0.227 e. The fraction of sp³-hybridized carbons (Fsp3) is 0.480. The lowest BCUT2D eigenvalue weighted by Crippen LogP contribution is -2.49. The van der Waals surface area contributed by atoms with Gasteiger partial charge >= 0.3 is 0 Å². The molecule has 8 heteroatoms. The Morgan fingerprint density at radius 1 is 1.06 bits per heavy atom. The average molecular weight is 514 g/mol. The van der Waals surface area contributed by atoms with Crippen molar-refractivity contribution in [3.63, 3.8) is 0 Å². The molecule has 1 aliphatic heterocycles. The topological polar surface area (TPSA) is 42.0 Å².